The average Bonchev–Trinajstić information content (AvgIpc) is 2.88. The summed E-state index contributed by atoms with van der Waals surface area (Å²) in [5.41, 5.74) is 8.20. The van der Waals surface area contributed by atoms with Crippen molar-refractivity contribution in [1.29, 1.82) is 0 Å². The SMILES string of the molecule is CC(=O)O[C@]1(C)C[C@H](C2=C[C@@H](C(C)C)CCC2=O)O[C@@H]1CCC(=O)C=[N+]=[N-]. The first-order chi connectivity index (χ1) is 12.7. The van der Waals surface area contributed by atoms with Gasteiger partial charge < -0.3 is 15.0 Å². The molecule has 7 nitrogen and oxygen atoms in total. The van der Waals surface area contributed by atoms with E-state index in [-0.39, 0.29) is 18.0 Å². The van der Waals surface area contributed by atoms with E-state index in [1.54, 1.807) is 6.92 Å². The van der Waals surface area contributed by atoms with Crippen LogP contribution in [0.2, 0.25) is 0 Å². The maximum absolute atomic E-state index is 12.5. The van der Waals surface area contributed by atoms with Crippen LogP contribution < -0.4 is 0 Å². The van der Waals surface area contributed by atoms with Crippen molar-refractivity contribution >= 4 is 23.8 Å². The Balaban J connectivity index is 2.22. The molecule has 0 bridgehead atoms. The van der Waals surface area contributed by atoms with Gasteiger partial charge in [-0.3, -0.25) is 14.4 Å². The third-order valence-corrected chi connectivity index (χ3v) is 5.46. The Labute approximate surface area is 159 Å². The maximum Gasteiger partial charge on any atom is 0.323 e. The van der Waals surface area contributed by atoms with Gasteiger partial charge in [0, 0.05) is 31.8 Å². The molecule has 2 aliphatic rings. The van der Waals surface area contributed by atoms with Gasteiger partial charge >= 0.3 is 12.2 Å². The number of rotatable bonds is 7. The molecule has 2 rings (SSSR count). The lowest BCUT2D eigenvalue weighted by molar-refractivity contribution is -0.161. The number of hydrogen-bond donors (Lipinski definition) is 0. The van der Waals surface area contributed by atoms with Crippen molar-refractivity contribution in [1.82, 2.24) is 0 Å². The van der Waals surface area contributed by atoms with Gasteiger partial charge in [-0.1, -0.05) is 19.9 Å². The normalized spacial score (nSPS) is 30.6. The number of hydrogen-bond acceptors (Lipinski definition) is 5. The Morgan fingerprint density at radius 2 is 2.19 bits per heavy atom. The van der Waals surface area contributed by atoms with Gasteiger partial charge in [0.1, 0.15) is 5.60 Å². The first-order valence-electron chi connectivity index (χ1n) is 9.46. The van der Waals surface area contributed by atoms with Crippen LogP contribution in [0.3, 0.4) is 0 Å². The van der Waals surface area contributed by atoms with Gasteiger partial charge in [-0.2, -0.15) is 4.79 Å². The highest BCUT2D eigenvalue weighted by Gasteiger charge is 2.50. The predicted octanol–water partition coefficient (Wildman–Crippen LogP) is 2.68. The summed E-state index contributed by atoms with van der Waals surface area (Å²) in [6.45, 7) is 7.37. The summed E-state index contributed by atoms with van der Waals surface area (Å²) in [5, 5.41) is 0. The molecular weight excluding hydrogens is 348 g/mol. The van der Waals surface area contributed by atoms with Gasteiger partial charge in [-0.15, -0.1) is 0 Å². The summed E-state index contributed by atoms with van der Waals surface area (Å²) in [7, 11) is 0. The maximum atomic E-state index is 12.5. The second-order valence-corrected chi connectivity index (χ2v) is 7.97. The van der Waals surface area contributed by atoms with Gasteiger partial charge in [0.15, 0.2) is 5.78 Å². The summed E-state index contributed by atoms with van der Waals surface area (Å²) in [6, 6.07) is 0. The van der Waals surface area contributed by atoms with Gasteiger partial charge in [0.05, 0.1) is 12.2 Å². The van der Waals surface area contributed by atoms with Crippen molar-refractivity contribution < 1.29 is 28.6 Å². The van der Waals surface area contributed by atoms with Crippen LogP contribution >= 0.6 is 0 Å². The molecule has 0 unspecified atom stereocenters. The lowest BCUT2D eigenvalue weighted by atomic mass is 9.80. The molecule has 1 heterocycles. The predicted molar refractivity (Wildman–Crippen MR) is 98.0 cm³/mol. The van der Waals surface area contributed by atoms with Crippen molar-refractivity contribution in [2.24, 2.45) is 11.8 Å². The lowest BCUT2D eigenvalue weighted by Gasteiger charge is -2.29. The average molecular weight is 376 g/mol. The molecule has 1 aliphatic carbocycles. The third-order valence-electron chi connectivity index (χ3n) is 5.46. The summed E-state index contributed by atoms with van der Waals surface area (Å²) < 4.78 is 11.7. The lowest BCUT2D eigenvalue weighted by Crippen LogP contribution is -2.39. The first kappa shape index (κ1) is 21.2. The van der Waals surface area contributed by atoms with E-state index in [2.05, 4.69) is 18.6 Å². The minimum absolute atomic E-state index is 0.0752. The van der Waals surface area contributed by atoms with Crippen molar-refractivity contribution in [3.8, 4) is 0 Å². The molecule has 4 atom stereocenters. The van der Waals surface area contributed by atoms with Crippen LogP contribution in [0, 0.1) is 11.8 Å². The fraction of sp³-hybridized carbons (Fsp3) is 0.700. The molecule has 0 radical (unpaired) electrons. The number of esters is 1. The second-order valence-electron chi connectivity index (χ2n) is 7.97. The van der Waals surface area contributed by atoms with Crippen LogP contribution in [0.15, 0.2) is 11.6 Å². The monoisotopic (exact) mass is 376 g/mol. The standard InChI is InChI=1S/C20H28N2O5/c1-12(2)14-5-7-17(25)16(9-14)18-10-20(4,27-13(3)23)19(26-18)8-6-15(24)11-22-21/h9,11-12,14,18-19H,5-8,10H2,1-4H3/t14-,18+,19+,20+/m0/s1. The highest BCUT2D eigenvalue weighted by atomic mass is 16.6. The van der Waals surface area contributed by atoms with Crippen LogP contribution in [-0.4, -0.2) is 46.3 Å². The summed E-state index contributed by atoms with van der Waals surface area (Å²) >= 11 is 0. The molecular formula is C20H28N2O5. The number of carbonyl (C=O) groups is 3. The van der Waals surface area contributed by atoms with Crippen molar-refractivity contribution in [3.05, 3.63) is 17.2 Å². The number of ether oxygens (including phenoxy) is 2. The molecule has 0 amide bonds. The Morgan fingerprint density at radius 1 is 1.48 bits per heavy atom. The van der Waals surface area contributed by atoms with Gasteiger partial charge in [0.25, 0.3) is 0 Å². The number of Topliss-reactive ketones (excluding diaryl/α,β-unsaturated/α-hetero) is 2. The third kappa shape index (κ3) is 5.21. The largest absolute Gasteiger partial charge is 0.457 e. The highest BCUT2D eigenvalue weighted by Crippen LogP contribution is 2.41. The fourth-order valence-corrected chi connectivity index (χ4v) is 3.95. The number of ketones is 2. The molecule has 27 heavy (non-hydrogen) atoms. The molecule has 0 aromatic rings. The zero-order valence-corrected chi connectivity index (χ0v) is 16.4. The van der Waals surface area contributed by atoms with Crippen LogP contribution in [0.25, 0.3) is 5.53 Å². The Kier molecular flexibility index (Phi) is 6.84. The quantitative estimate of drug-likeness (QED) is 0.294. The van der Waals surface area contributed by atoms with Gasteiger partial charge in [-0.05, 0) is 31.6 Å². The van der Waals surface area contributed by atoms with E-state index in [1.165, 1.54) is 6.92 Å². The van der Waals surface area contributed by atoms with Gasteiger partial charge in [-0.25, -0.2) is 0 Å². The number of nitrogens with zero attached hydrogens (tertiary/aromatic N) is 2. The van der Waals surface area contributed by atoms with Crippen molar-refractivity contribution in [2.75, 3.05) is 0 Å². The van der Waals surface area contributed by atoms with Crippen LogP contribution in [0.1, 0.15) is 59.8 Å². The molecule has 148 valence electrons. The zero-order valence-electron chi connectivity index (χ0n) is 16.4. The molecule has 0 spiro atoms. The van der Waals surface area contributed by atoms with Crippen LogP contribution in [-0.2, 0) is 23.9 Å². The molecule has 7 heteroatoms. The summed E-state index contributed by atoms with van der Waals surface area (Å²) in [4.78, 5) is 38.5. The molecule has 1 saturated heterocycles. The smallest absolute Gasteiger partial charge is 0.323 e. The van der Waals surface area contributed by atoms with Crippen molar-refractivity contribution in [2.45, 2.75) is 77.6 Å². The van der Waals surface area contributed by atoms with E-state index in [4.69, 9.17) is 15.0 Å². The minimum atomic E-state index is -0.918. The molecule has 0 saturated carbocycles. The molecule has 0 aromatic carbocycles. The van der Waals surface area contributed by atoms with Crippen molar-refractivity contribution in [3.63, 3.8) is 0 Å². The molecule has 0 aromatic heterocycles. The Bertz CT molecular complexity index is 692. The highest BCUT2D eigenvalue weighted by molar-refractivity contribution is 6.25. The second kappa shape index (κ2) is 8.72. The van der Waals surface area contributed by atoms with E-state index < -0.39 is 23.8 Å². The van der Waals surface area contributed by atoms with Crippen LogP contribution in [0.5, 0.6) is 0 Å². The van der Waals surface area contributed by atoms with E-state index >= 15 is 0 Å². The molecule has 1 fully saturated rings. The van der Waals surface area contributed by atoms with Crippen LogP contribution in [0.4, 0.5) is 0 Å². The number of carbonyl (C=O) groups excluding carboxylic acids is 3. The first-order valence-corrected chi connectivity index (χ1v) is 9.46. The molecule has 1 aliphatic heterocycles. The Morgan fingerprint density at radius 3 is 2.78 bits per heavy atom. The summed E-state index contributed by atoms with van der Waals surface area (Å²) in [5.74, 6) is 0.0518. The van der Waals surface area contributed by atoms with E-state index in [0.717, 1.165) is 12.6 Å². The fourth-order valence-electron chi connectivity index (χ4n) is 3.95. The topological polar surface area (TPSA) is 106 Å². The van der Waals surface area contributed by atoms with E-state index in [9.17, 15) is 14.4 Å². The molecule has 0 N–H and O–H groups in total. The minimum Gasteiger partial charge on any atom is -0.457 e. The van der Waals surface area contributed by atoms with E-state index in [1.807, 2.05) is 6.08 Å². The Hall–Kier alpha value is -2.11. The van der Waals surface area contributed by atoms with E-state index in [0.29, 0.717) is 36.7 Å². The van der Waals surface area contributed by atoms with Gasteiger partial charge in [0.2, 0.25) is 5.78 Å². The zero-order chi connectivity index (χ0) is 20.2. The summed E-state index contributed by atoms with van der Waals surface area (Å²) in [6.07, 6.45) is 4.01. The number of allylic oxidation sites excluding steroid dienone is 1.